The zero-order valence-corrected chi connectivity index (χ0v) is 22.7. The molecule has 0 bridgehead atoms. The Balaban J connectivity index is 1.65. The van der Waals surface area contributed by atoms with Crippen molar-refractivity contribution in [2.24, 2.45) is 0 Å². The lowest BCUT2D eigenvalue weighted by atomic mass is 9.85. The quantitative estimate of drug-likeness (QED) is 0.251. The summed E-state index contributed by atoms with van der Waals surface area (Å²) >= 11 is 0. The molecule has 0 spiro atoms. The fourth-order valence-electron chi connectivity index (χ4n) is 5.69. The van der Waals surface area contributed by atoms with Gasteiger partial charge in [-0.2, -0.15) is 0 Å². The van der Waals surface area contributed by atoms with Crippen LogP contribution in [0.2, 0.25) is 0 Å². The number of hydrogen-bond acceptors (Lipinski definition) is 7. The molecule has 214 valence electrons. The van der Waals surface area contributed by atoms with Crippen molar-refractivity contribution in [2.45, 2.75) is 43.8 Å². The van der Waals surface area contributed by atoms with Crippen molar-refractivity contribution in [3.8, 4) is 0 Å². The molecule has 2 aromatic carbocycles. The topological polar surface area (TPSA) is 171 Å². The van der Waals surface area contributed by atoms with Gasteiger partial charge in [0.15, 0.2) is 0 Å². The highest BCUT2D eigenvalue weighted by atomic mass is 16.5. The minimum absolute atomic E-state index is 0.114. The van der Waals surface area contributed by atoms with Crippen LogP contribution in [0.1, 0.15) is 42.1 Å². The van der Waals surface area contributed by atoms with Gasteiger partial charge in [-0.1, -0.05) is 36.4 Å². The average Bonchev–Trinajstić information content (AvgIpc) is 3.51. The van der Waals surface area contributed by atoms with Gasteiger partial charge in [-0.15, -0.1) is 0 Å². The van der Waals surface area contributed by atoms with Crippen LogP contribution in [-0.2, 0) is 35.1 Å². The molecule has 4 amide bonds. The summed E-state index contributed by atoms with van der Waals surface area (Å²) in [5, 5.41) is 14.9. The van der Waals surface area contributed by atoms with Gasteiger partial charge in [0, 0.05) is 41.5 Å². The number of methoxy groups -OCH3 is 1. The summed E-state index contributed by atoms with van der Waals surface area (Å²) in [5.74, 6) is -3.00. The highest BCUT2D eigenvalue weighted by Gasteiger charge is 2.39. The molecule has 0 radical (unpaired) electrons. The number of esters is 1. The maximum atomic E-state index is 13.2. The first-order valence-corrected chi connectivity index (χ1v) is 13.4. The van der Waals surface area contributed by atoms with Gasteiger partial charge in [-0.25, -0.2) is 4.79 Å². The third-order valence-electron chi connectivity index (χ3n) is 7.51. The smallest absolute Gasteiger partial charge is 0.328 e. The second kappa shape index (κ2) is 11.7. The summed E-state index contributed by atoms with van der Waals surface area (Å²) in [5.41, 5.74) is 4.26. The molecule has 0 saturated heterocycles. The summed E-state index contributed by atoms with van der Waals surface area (Å²) in [6.07, 6.45) is 0.343. The molecule has 5 rings (SSSR count). The molecule has 3 heterocycles. The Morgan fingerprint density at radius 2 is 1.66 bits per heavy atom. The SMILES string of the molecule is COC(=O)[C@@H]1Cc2c([nH]c3ccccc23)[C@@H]2Nc3ccccc3C2C[C@H](NC(C)=O)C(=O)NCC(=O)NCC(=O)N1. The maximum Gasteiger partial charge on any atom is 0.328 e. The van der Waals surface area contributed by atoms with E-state index in [0.29, 0.717) is 0 Å². The molecule has 2 aliphatic rings. The fraction of sp³-hybridized carbons (Fsp3) is 0.345. The van der Waals surface area contributed by atoms with Gasteiger partial charge in [0.1, 0.15) is 12.1 Å². The number of H-pyrrole nitrogens is 1. The number of fused-ring (bicyclic) bond motifs is 7. The zero-order chi connectivity index (χ0) is 29.1. The van der Waals surface area contributed by atoms with E-state index in [9.17, 15) is 24.0 Å². The Hall–Kier alpha value is -4.87. The van der Waals surface area contributed by atoms with Crippen LogP contribution in [-0.4, -0.2) is 66.9 Å². The van der Waals surface area contributed by atoms with Gasteiger partial charge in [-0.3, -0.25) is 19.2 Å². The number of para-hydroxylation sites is 2. The minimum Gasteiger partial charge on any atom is -0.467 e. The van der Waals surface area contributed by atoms with E-state index in [1.54, 1.807) is 0 Å². The van der Waals surface area contributed by atoms with Crippen molar-refractivity contribution in [1.82, 2.24) is 26.3 Å². The largest absolute Gasteiger partial charge is 0.467 e. The van der Waals surface area contributed by atoms with E-state index in [0.717, 1.165) is 33.4 Å². The number of aromatic nitrogens is 1. The van der Waals surface area contributed by atoms with Crippen LogP contribution in [0.4, 0.5) is 5.69 Å². The molecule has 0 saturated carbocycles. The van der Waals surface area contributed by atoms with Gasteiger partial charge >= 0.3 is 5.97 Å². The molecule has 0 aliphatic carbocycles. The lowest BCUT2D eigenvalue weighted by Crippen LogP contribution is -2.51. The van der Waals surface area contributed by atoms with E-state index in [1.165, 1.54) is 14.0 Å². The Bertz CT molecular complexity index is 1520. The average molecular weight is 561 g/mol. The summed E-state index contributed by atoms with van der Waals surface area (Å²) in [6, 6.07) is 13.1. The highest BCUT2D eigenvalue weighted by Crippen LogP contribution is 2.48. The number of rotatable bonds is 2. The number of carbonyl (C=O) groups excluding carboxylic acids is 5. The van der Waals surface area contributed by atoms with Crippen LogP contribution in [0.15, 0.2) is 48.5 Å². The van der Waals surface area contributed by atoms with Crippen molar-refractivity contribution < 1.29 is 28.7 Å². The number of carbonyl (C=O) groups is 5. The first-order chi connectivity index (χ1) is 19.7. The third-order valence-corrected chi connectivity index (χ3v) is 7.51. The zero-order valence-electron chi connectivity index (χ0n) is 22.7. The van der Waals surface area contributed by atoms with Gasteiger partial charge in [0.2, 0.25) is 23.6 Å². The molecule has 41 heavy (non-hydrogen) atoms. The number of amides is 4. The predicted molar refractivity (Wildman–Crippen MR) is 150 cm³/mol. The van der Waals surface area contributed by atoms with Crippen molar-refractivity contribution >= 4 is 46.2 Å². The Labute approximate surface area is 236 Å². The van der Waals surface area contributed by atoms with E-state index in [4.69, 9.17) is 4.74 Å². The van der Waals surface area contributed by atoms with Crippen LogP contribution in [0.5, 0.6) is 0 Å². The Kier molecular flexibility index (Phi) is 7.90. The standard InChI is InChI=1S/C29H32N6O6/c1-15(36)32-22-11-18-16-7-3-5-9-20(16)34-26(18)27-19(17-8-4-6-10-21(17)35-27)12-23(29(40)41-2)33-25(38)14-30-24(37)13-31-28(22)39/h3-10,18,22-23,26,34-35H,11-14H2,1-2H3,(H,30,37)(H,31,39)(H,32,36)(H,33,38)/t18?,22-,23-,26+/m0/s1. The molecule has 12 nitrogen and oxygen atoms in total. The molecule has 2 aliphatic heterocycles. The second-order valence-corrected chi connectivity index (χ2v) is 10.2. The van der Waals surface area contributed by atoms with E-state index in [2.05, 4.69) is 31.6 Å². The lowest BCUT2D eigenvalue weighted by Gasteiger charge is -2.27. The van der Waals surface area contributed by atoms with Crippen molar-refractivity contribution in [1.29, 1.82) is 0 Å². The number of aromatic amines is 1. The Morgan fingerprint density at radius 1 is 0.927 bits per heavy atom. The summed E-state index contributed by atoms with van der Waals surface area (Å²) in [7, 11) is 1.25. The molecule has 12 heteroatoms. The van der Waals surface area contributed by atoms with Gasteiger partial charge < -0.3 is 36.3 Å². The van der Waals surface area contributed by atoms with Gasteiger partial charge in [0.05, 0.1) is 26.2 Å². The van der Waals surface area contributed by atoms with Crippen LogP contribution < -0.4 is 26.6 Å². The number of benzene rings is 2. The van der Waals surface area contributed by atoms with E-state index >= 15 is 0 Å². The van der Waals surface area contributed by atoms with Gasteiger partial charge in [0.25, 0.3) is 0 Å². The number of nitrogens with one attached hydrogen (secondary N) is 6. The molecular formula is C29H32N6O6. The molecule has 4 atom stereocenters. The molecular weight excluding hydrogens is 528 g/mol. The maximum absolute atomic E-state index is 13.2. The van der Waals surface area contributed by atoms with Crippen molar-refractivity contribution in [3.63, 3.8) is 0 Å². The summed E-state index contributed by atoms with van der Waals surface area (Å²) < 4.78 is 5.01. The normalized spacial score (nSPS) is 23.1. The van der Waals surface area contributed by atoms with Crippen molar-refractivity contribution in [2.75, 3.05) is 25.5 Å². The van der Waals surface area contributed by atoms with Gasteiger partial charge in [-0.05, 0) is 29.7 Å². The predicted octanol–water partition coefficient (Wildman–Crippen LogP) is 0.759. The van der Waals surface area contributed by atoms with Crippen LogP contribution in [0, 0.1) is 0 Å². The second-order valence-electron chi connectivity index (χ2n) is 10.2. The monoisotopic (exact) mass is 560 g/mol. The fourth-order valence-corrected chi connectivity index (χ4v) is 5.69. The minimum atomic E-state index is -1.02. The molecule has 3 aromatic rings. The molecule has 1 aromatic heterocycles. The van der Waals surface area contributed by atoms with Crippen molar-refractivity contribution in [3.05, 3.63) is 65.4 Å². The van der Waals surface area contributed by atoms with E-state index < -0.39 is 48.9 Å². The lowest BCUT2D eigenvalue weighted by molar-refractivity contribution is -0.145. The number of ether oxygens (including phenoxy) is 1. The molecule has 1 unspecified atom stereocenters. The Morgan fingerprint density at radius 3 is 2.44 bits per heavy atom. The third kappa shape index (κ3) is 5.86. The summed E-state index contributed by atoms with van der Waals surface area (Å²) in [6.45, 7) is 0.538. The molecule has 6 N–H and O–H groups in total. The van der Waals surface area contributed by atoms with E-state index in [1.807, 2.05) is 48.5 Å². The van der Waals surface area contributed by atoms with Crippen LogP contribution in [0.25, 0.3) is 10.9 Å². The first-order valence-electron chi connectivity index (χ1n) is 13.4. The number of hydrogen-bond donors (Lipinski definition) is 6. The number of anilines is 1. The van der Waals surface area contributed by atoms with Crippen LogP contribution >= 0.6 is 0 Å². The summed E-state index contributed by atoms with van der Waals surface area (Å²) in [4.78, 5) is 66.8. The van der Waals surface area contributed by atoms with Crippen LogP contribution in [0.3, 0.4) is 0 Å². The first kappa shape index (κ1) is 27.7. The van der Waals surface area contributed by atoms with E-state index in [-0.39, 0.29) is 30.7 Å². The molecule has 0 fully saturated rings. The highest BCUT2D eigenvalue weighted by molar-refractivity contribution is 5.93.